The van der Waals surface area contributed by atoms with Gasteiger partial charge in [-0.25, -0.2) is 4.79 Å². The summed E-state index contributed by atoms with van der Waals surface area (Å²) in [4.78, 5) is 50.1. The predicted octanol–water partition coefficient (Wildman–Crippen LogP) is 6.44. The van der Waals surface area contributed by atoms with Gasteiger partial charge in [-0.3, -0.25) is 14.4 Å². The third kappa shape index (κ3) is 6.80. The second kappa shape index (κ2) is 12.9. The number of esters is 1. The number of ether oxygens (including phenoxy) is 1. The van der Waals surface area contributed by atoms with Crippen molar-refractivity contribution in [2.24, 2.45) is 5.92 Å². The molecule has 0 radical (unpaired) electrons. The number of carbonyl (C=O) groups excluding carboxylic acids is 4. The lowest BCUT2D eigenvalue weighted by Crippen LogP contribution is -2.27. The van der Waals surface area contributed by atoms with Crippen LogP contribution in [0.15, 0.2) is 66.7 Å². The van der Waals surface area contributed by atoms with Gasteiger partial charge in [-0.15, -0.1) is 0 Å². The van der Waals surface area contributed by atoms with Gasteiger partial charge < -0.3 is 25.3 Å². The van der Waals surface area contributed by atoms with E-state index in [4.69, 9.17) is 16.3 Å². The fourth-order valence-corrected chi connectivity index (χ4v) is 4.70. The van der Waals surface area contributed by atoms with Crippen molar-refractivity contribution in [1.29, 1.82) is 0 Å². The fraction of sp³-hybridized carbons (Fsp3) is 0.250. The Morgan fingerprint density at radius 2 is 1.50 bits per heavy atom. The highest BCUT2D eigenvalue weighted by Crippen LogP contribution is 2.28. The summed E-state index contributed by atoms with van der Waals surface area (Å²) < 4.78 is 6.64. The third-order valence-electron chi connectivity index (χ3n) is 6.68. The number of amides is 3. The molecule has 0 aliphatic heterocycles. The Morgan fingerprint density at radius 1 is 0.833 bits per heavy atom. The summed E-state index contributed by atoms with van der Waals surface area (Å²) in [6.45, 7) is 7.86. The number of methoxy groups -OCH3 is 1. The van der Waals surface area contributed by atoms with Gasteiger partial charge in [-0.2, -0.15) is 0 Å². The van der Waals surface area contributed by atoms with E-state index in [0.717, 1.165) is 16.5 Å². The summed E-state index contributed by atoms with van der Waals surface area (Å²) in [6.07, 6.45) is 0. The SMILES string of the molecule is COC(=O)c1ccc(NC(=O)c2cc3cc(NC(=O)c4cc(CNC(=O)C(C)C)ccc4Cl)ccc3n2C(C)C)cc1. The minimum absolute atomic E-state index is 0.0249. The van der Waals surface area contributed by atoms with Crippen molar-refractivity contribution in [3.8, 4) is 0 Å². The second-order valence-corrected chi connectivity index (χ2v) is 10.8. The molecule has 0 spiro atoms. The van der Waals surface area contributed by atoms with Crippen LogP contribution in [-0.4, -0.2) is 35.4 Å². The lowest BCUT2D eigenvalue weighted by Gasteiger charge is -2.15. The number of rotatable bonds is 9. The molecule has 1 heterocycles. The van der Waals surface area contributed by atoms with E-state index in [-0.39, 0.29) is 40.9 Å². The van der Waals surface area contributed by atoms with Gasteiger partial charge in [-0.05, 0) is 80.1 Å². The number of fused-ring (bicyclic) bond motifs is 1. The molecule has 0 bridgehead atoms. The van der Waals surface area contributed by atoms with Crippen LogP contribution in [0.4, 0.5) is 11.4 Å². The molecule has 1 aromatic heterocycles. The molecule has 0 aliphatic rings. The molecule has 10 heteroatoms. The highest BCUT2D eigenvalue weighted by Gasteiger charge is 2.19. The molecule has 4 rings (SSSR count). The van der Waals surface area contributed by atoms with Crippen LogP contribution in [0.25, 0.3) is 10.9 Å². The lowest BCUT2D eigenvalue weighted by atomic mass is 10.1. The Kier molecular flexibility index (Phi) is 9.32. The van der Waals surface area contributed by atoms with Crippen molar-refractivity contribution >= 4 is 57.6 Å². The molecule has 3 N–H and O–H groups in total. The Labute approximate surface area is 249 Å². The first-order valence-corrected chi connectivity index (χ1v) is 13.9. The number of hydrogen-bond donors (Lipinski definition) is 3. The molecule has 0 unspecified atom stereocenters. The van der Waals surface area contributed by atoms with Crippen LogP contribution in [0.1, 0.15) is 70.5 Å². The Hall–Kier alpha value is -4.63. The molecule has 0 atom stereocenters. The molecule has 9 nitrogen and oxygen atoms in total. The highest BCUT2D eigenvalue weighted by atomic mass is 35.5. The maximum atomic E-state index is 13.3. The zero-order valence-corrected chi connectivity index (χ0v) is 24.8. The van der Waals surface area contributed by atoms with Crippen molar-refractivity contribution in [1.82, 2.24) is 9.88 Å². The molecule has 42 heavy (non-hydrogen) atoms. The molecule has 0 saturated heterocycles. The minimum atomic E-state index is -0.458. The highest BCUT2D eigenvalue weighted by molar-refractivity contribution is 6.34. The van der Waals surface area contributed by atoms with Crippen LogP contribution in [0.3, 0.4) is 0 Å². The van der Waals surface area contributed by atoms with E-state index in [0.29, 0.717) is 22.6 Å². The van der Waals surface area contributed by atoms with Gasteiger partial charge in [0.2, 0.25) is 5.91 Å². The summed E-state index contributed by atoms with van der Waals surface area (Å²) in [7, 11) is 1.31. The number of aromatic nitrogens is 1. The van der Waals surface area contributed by atoms with Gasteiger partial charge in [0.05, 0.1) is 23.3 Å². The first kappa shape index (κ1) is 30.3. The van der Waals surface area contributed by atoms with Crippen molar-refractivity contribution in [2.45, 2.75) is 40.3 Å². The summed E-state index contributed by atoms with van der Waals surface area (Å²) in [5.74, 6) is -1.40. The van der Waals surface area contributed by atoms with Gasteiger partial charge in [-0.1, -0.05) is 31.5 Å². The van der Waals surface area contributed by atoms with Crippen LogP contribution in [0.5, 0.6) is 0 Å². The van der Waals surface area contributed by atoms with Crippen molar-refractivity contribution < 1.29 is 23.9 Å². The molecular weight excluding hydrogens is 556 g/mol. The Morgan fingerprint density at radius 3 is 2.14 bits per heavy atom. The minimum Gasteiger partial charge on any atom is -0.465 e. The van der Waals surface area contributed by atoms with Crippen molar-refractivity contribution in [2.75, 3.05) is 17.7 Å². The number of hydrogen-bond acceptors (Lipinski definition) is 5. The van der Waals surface area contributed by atoms with E-state index in [2.05, 4.69) is 16.0 Å². The number of nitrogens with one attached hydrogen (secondary N) is 3. The first-order valence-electron chi connectivity index (χ1n) is 13.5. The molecule has 3 aromatic carbocycles. The number of anilines is 2. The van der Waals surface area contributed by atoms with E-state index < -0.39 is 11.9 Å². The average Bonchev–Trinajstić information content (AvgIpc) is 3.35. The standard InChI is InChI=1S/C32H33ClN4O5/c1-18(2)29(38)34-17-20-6-12-26(33)25(14-20)30(39)36-24-11-13-27-22(15-24)16-28(37(27)19(3)4)31(40)35-23-9-7-21(8-10-23)32(41)42-5/h6-16,18-19H,17H2,1-5H3,(H,34,38)(H,35,40)(H,36,39). The van der Waals surface area contributed by atoms with Crippen molar-refractivity contribution in [3.05, 3.63) is 94.1 Å². The average molecular weight is 589 g/mol. The van der Waals surface area contributed by atoms with Crippen LogP contribution in [0.2, 0.25) is 5.02 Å². The summed E-state index contributed by atoms with van der Waals surface area (Å²) in [6, 6.07) is 18.7. The van der Waals surface area contributed by atoms with Crippen molar-refractivity contribution in [3.63, 3.8) is 0 Å². The van der Waals surface area contributed by atoms with E-state index in [1.54, 1.807) is 60.7 Å². The quantitative estimate of drug-likeness (QED) is 0.194. The van der Waals surface area contributed by atoms with Gasteiger partial charge in [0, 0.05) is 40.8 Å². The molecule has 0 saturated carbocycles. The Balaban J connectivity index is 1.55. The van der Waals surface area contributed by atoms with Crippen LogP contribution >= 0.6 is 11.6 Å². The zero-order chi connectivity index (χ0) is 30.6. The summed E-state index contributed by atoms with van der Waals surface area (Å²) in [5.41, 5.74) is 3.75. The lowest BCUT2D eigenvalue weighted by molar-refractivity contribution is -0.124. The maximum absolute atomic E-state index is 13.3. The van der Waals surface area contributed by atoms with E-state index >= 15 is 0 Å². The third-order valence-corrected chi connectivity index (χ3v) is 7.01. The van der Waals surface area contributed by atoms with E-state index in [9.17, 15) is 19.2 Å². The van der Waals surface area contributed by atoms with E-state index in [1.165, 1.54) is 7.11 Å². The zero-order valence-electron chi connectivity index (χ0n) is 24.1. The van der Waals surface area contributed by atoms with Crippen LogP contribution in [0, 0.1) is 5.92 Å². The predicted molar refractivity (Wildman–Crippen MR) is 164 cm³/mol. The Bertz CT molecular complexity index is 1660. The largest absolute Gasteiger partial charge is 0.465 e. The maximum Gasteiger partial charge on any atom is 0.337 e. The molecule has 0 fully saturated rings. The molecule has 0 aliphatic carbocycles. The van der Waals surface area contributed by atoms with Crippen LogP contribution in [-0.2, 0) is 16.1 Å². The smallest absolute Gasteiger partial charge is 0.337 e. The van der Waals surface area contributed by atoms with E-state index in [1.807, 2.05) is 38.3 Å². The second-order valence-electron chi connectivity index (χ2n) is 10.4. The molecule has 218 valence electrons. The normalized spacial score (nSPS) is 11.0. The number of nitrogens with zero attached hydrogens (tertiary/aromatic N) is 1. The van der Waals surface area contributed by atoms with Gasteiger partial charge >= 0.3 is 5.97 Å². The summed E-state index contributed by atoms with van der Waals surface area (Å²) >= 11 is 6.34. The summed E-state index contributed by atoms with van der Waals surface area (Å²) in [5, 5.41) is 9.66. The van der Waals surface area contributed by atoms with Gasteiger partial charge in [0.15, 0.2) is 0 Å². The first-order chi connectivity index (χ1) is 20.0. The van der Waals surface area contributed by atoms with Gasteiger partial charge in [0.25, 0.3) is 11.8 Å². The molecule has 4 aromatic rings. The topological polar surface area (TPSA) is 119 Å². The number of carbonyl (C=O) groups is 4. The number of benzene rings is 3. The molecule has 3 amide bonds. The van der Waals surface area contributed by atoms with Crippen LogP contribution < -0.4 is 16.0 Å². The van der Waals surface area contributed by atoms with Gasteiger partial charge in [0.1, 0.15) is 5.69 Å². The number of halogens is 1. The fourth-order valence-electron chi connectivity index (χ4n) is 4.50. The monoisotopic (exact) mass is 588 g/mol. The molecular formula is C32H33ClN4O5.